The summed E-state index contributed by atoms with van der Waals surface area (Å²) < 4.78 is 10.5. The van der Waals surface area contributed by atoms with Crippen molar-refractivity contribution >= 4 is 5.78 Å². The Morgan fingerprint density at radius 1 is 1.13 bits per heavy atom. The average molecular weight is 216 g/mol. The van der Waals surface area contributed by atoms with Crippen LogP contribution in [-0.4, -0.2) is 25.3 Å². The largest absolute Gasteiger partial charge is 0.346 e. The minimum Gasteiger partial charge on any atom is -0.346 e. The summed E-state index contributed by atoms with van der Waals surface area (Å²) in [7, 11) is 0. The number of ketones is 1. The second-order valence-electron chi connectivity index (χ2n) is 3.99. The third kappa shape index (κ3) is 7.51. The third-order valence-corrected chi connectivity index (χ3v) is 2.10. The van der Waals surface area contributed by atoms with E-state index in [1.807, 2.05) is 13.8 Å². The second-order valence-corrected chi connectivity index (χ2v) is 3.99. The van der Waals surface area contributed by atoms with Crippen LogP contribution in [0.2, 0.25) is 0 Å². The zero-order valence-corrected chi connectivity index (χ0v) is 10.4. The lowest BCUT2D eigenvalue weighted by atomic mass is 10.0. The van der Waals surface area contributed by atoms with Crippen LogP contribution < -0.4 is 0 Å². The van der Waals surface area contributed by atoms with Crippen LogP contribution in [0.1, 0.15) is 47.0 Å². The lowest BCUT2D eigenvalue weighted by Crippen LogP contribution is -2.27. The smallest absolute Gasteiger partial charge is 0.217 e. The molecule has 0 amide bonds. The first kappa shape index (κ1) is 14.6. The number of hydrogen-bond acceptors (Lipinski definition) is 3. The van der Waals surface area contributed by atoms with Crippen molar-refractivity contribution in [2.24, 2.45) is 5.92 Å². The van der Waals surface area contributed by atoms with Gasteiger partial charge in [-0.2, -0.15) is 0 Å². The van der Waals surface area contributed by atoms with Crippen LogP contribution in [0, 0.1) is 5.92 Å². The van der Waals surface area contributed by atoms with Crippen LogP contribution in [0.3, 0.4) is 0 Å². The van der Waals surface area contributed by atoms with Crippen molar-refractivity contribution in [1.82, 2.24) is 0 Å². The first-order chi connectivity index (χ1) is 7.11. The quantitative estimate of drug-likeness (QED) is 0.556. The van der Waals surface area contributed by atoms with Gasteiger partial charge in [0.05, 0.1) is 0 Å². The summed E-state index contributed by atoms with van der Waals surface area (Å²) in [6.07, 6.45) is 1.92. The van der Waals surface area contributed by atoms with Gasteiger partial charge in [0, 0.05) is 19.6 Å². The fourth-order valence-corrected chi connectivity index (χ4v) is 1.34. The fourth-order valence-electron chi connectivity index (χ4n) is 1.34. The molecule has 0 atom stereocenters. The van der Waals surface area contributed by atoms with E-state index in [1.54, 1.807) is 0 Å². The summed E-state index contributed by atoms with van der Waals surface area (Å²) in [4.78, 5) is 11.7. The monoisotopic (exact) mass is 216 g/mol. The fraction of sp³-hybridized carbons (Fsp3) is 0.917. The van der Waals surface area contributed by atoms with Crippen molar-refractivity contribution in [3.05, 3.63) is 0 Å². The van der Waals surface area contributed by atoms with E-state index in [4.69, 9.17) is 9.47 Å². The molecule has 3 nitrogen and oxygen atoms in total. The van der Waals surface area contributed by atoms with Crippen LogP contribution in [0.4, 0.5) is 0 Å². The summed E-state index contributed by atoms with van der Waals surface area (Å²) in [5, 5.41) is 0. The Morgan fingerprint density at radius 2 is 1.67 bits per heavy atom. The van der Waals surface area contributed by atoms with Gasteiger partial charge in [-0.3, -0.25) is 4.79 Å². The van der Waals surface area contributed by atoms with Gasteiger partial charge in [-0.1, -0.05) is 20.3 Å². The van der Waals surface area contributed by atoms with E-state index in [1.165, 1.54) is 0 Å². The number of carbonyl (C=O) groups excluding carboxylic acids is 1. The topological polar surface area (TPSA) is 35.5 Å². The van der Waals surface area contributed by atoms with E-state index < -0.39 is 6.29 Å². The van der Waals surface area contributed by atoms with Crippen LogP contribution in [-0.2, 0) is 14.3 Å². The molecule has 0 aromatic rings. The van der Waals surface area contributed by atoms with E-state index in [2.05, 4.69) is 13.8 Å². The Morgan fingerprint density at radius 3 is 2.07 bits per heavy atom. The summed E-state index contributed by atoms with van der Waals surface area (Å²) in [6.45, 7) is 9.09. The standard InChI is InChI=1S/C12H24O3/c1-5-14-12(15-6-2)11(13)9-7-8-10(3)4/h10,12H,5-9H2,1-4H3. The van der Waals surface area contributed by atoms with Crippen molar-refractivity contribution in [3.63, 3.8) is 0 Å². The molecule has 0 N–H and O–H groups in total. The second kappa shape index (κ2) is 8.86. The van der Waals surface area contributed by atoms with Crippen molar-refractivity contribution in [3.8, 4) is 0 Å². The van der Waals surface area contributed by atoms with Crippen molar-refractivity contribution in [2.45, 2.75) is 53.2 Å². The molecule has 0 aromatic carbocycles. The molecule has 0 aliphatic heterocycles. The Kier molecular flexibility index (Phi) is 8.62. The molecule has 0 rings (SSSR count). The minimum atomic E-state index is -0.646. The predicted molar refractivity (Wildman–Crippen MR) is 60.7 cm³/mol. The Labute approximate surface area is 93.1 Å². The molecule has 0 spiro atoms. The maximum absolute atomic E-state index is 11.7. The summed E-state index contributed by atoms with van der Waals surface area (Å²) in [6, 6.07) is 0. The highest BCUT2D eigenvalue weighted by Crippen LogP contribution is 2.09. The van der Waals surface area contributed by atoms with Gasteiger partial charge in [-0.25, -0.2) is 0 Å². The molecule has 0 saturated carbocycles. The highest BCUT2D eigenvalue weighted by Gasteiger charge is 2.17. The van der Waals surface area contributed by atoms with Crippen LogP contribution in [0.15, 0.2) is 0 Å². The van der Waals surface area contributed by atoms with E-state index >= 15 is 0 Å². The summed E-state index contributed by atoms with van der Waals surface area (Å²) in [5.74, 6) is 0.717. The van der Waals surface area contributed by atoms with Gasteiger partial charge in [-0.15, -0.1) is 0 Å². The van der Waals surface area contributed by atoms with Gasteiger partial charge >= 0.3 is 0 Å². The van der Waals surface area contributed by atoms with E-state index in [9.17, 15) is 4.79 Å². The Balaban J connectivity index is 3.80. The average Bonchev–Trinajstić information content (AvgIpc) is 2.16. The molecule has 0 unspecified atom stereocenters. The molecular formula is C12H24O3. The van der Waals surface area contributed by atoms with Crippen molar-refractivity contribution < 1.29 is 14.3 Å². The number of carbonyl (C=O) groups is 1. The van der Waals surface area contributed by atoms with Gasteiger partial charge in [0.2, 0.25) is 6.29 Å². The molecule has 0 fully saturated rings. The lowest BCUT2D eigenvalue weighted by molar-refractivity contribution is -0.168. The first-order valence-electron chi connectivity index (χ1n) is 5.87. The molecule has 0 aliphatic carbocycles. The molecule has 3 heteroatoms. The molecule has 0 heterocycles. The molecule has 90 valence electrons. The van der Waals surface area contributed by atoms with E-state index in [-0.39, 0.29) is 5.78 Å². The number of hydrogen-bond donors (Lipinski definition) is 0. The van der Waals surface area contributed by atoms with Crippen molar-refractivity contribution in [2.75, 3.05) is 13.2 Å². The molecular weight excluding hydrogens is 192 g/mol. The Hall–Kier alpha value is -0.410. The SMILES string of the molecule is CCOC(OCC)C(=O)CCCC(C)C. The maximum atomic E-state index is 11.7. The normalized spacial score (nSPS) is 11.3. The summed E-state index contributed by atoms with van der Waals surface area (Å²) >= 11 is 0. The molecule has 0 aromatic heterocycles. The lowest BCUT2D eigenvalue weighted by Gasteiger charge is -2.15. The zero-order valence-electron chi connectivity index (χ0n) is 10.4. The van der Waals surface area contributed by atoms with Gasteiger partial charge in [0.15, 0.2) is 5.78 Å². The van der Waals surface area contributed by atoms with Crippen LogP contribution in [0.5, 0.6) is 0 Å². The number of rotatable bonds is 9. The first-order valence-corrected chi connectivity index (χ1v) is 5.87. The highest BCUT2D eigenvalue weighted by molar-refractivity contribution is 5.81. The molecule has 0 radical (unpaired) electrons. The maximum Gasteiger partial charge on any atom is 0.217 e. The van der Waals surface area contributed by atoms with Crippen molar-refractivity contribution in [1.29, 1.82) is 0 Å². The molecule has 15 heavy (non-hydrogen) atoms. The molecule has 0 aliphatic rings. The predicted octanol–water partition coefficient (Wildman–Crippen LogP) is 2.78. The van der Waals surface area contributed by atoms with Gasteiger partial charge in [-0.05, 0) is 26.2 Å². The van der Waals surface area contributed by atoms with Gasteiger partial charge in [0.1, 0.15) is 0 Å². The number of ether oxygens (including phenoxy) is 2. The summed E-state index contributed by atoms with van der Waals surface area (Å²) in [5.41, 5.74) is 0. The van der Waals surface area contributed by atoms with Crippen LogP contribution in [0.25, 0.3) is 0 Å². The van der Waals surface area contributed by atoms with Gasteiger partial charge in [0.25, 0.3) is 0 Å². The molecule has 0 saturated heterocycles. The van der Waals surface area contributed by atoms with E-state index in [0.717, 1.165) is 12.8 Å². The minimum absolute atomic E-state index is 0.0688. The van der Waals surface area contributed by atoms with E-state index in [0.29, 0.717) is 25.6 Å². The molecule has 0 bridgehead atoms. The zero-order chi connectivity index (χ0) is 11.7. The number of Topliss-reactive ketones (excluding diaryl/α,β-unsaturated/α-hetero) is 1. The van der Waals surface area contributed by atoms with Gasteiger partial charge < -0.3 is 9.47 Å². The van der Waals surface area contributed by atoms with Crippen LogP contribution >= 0.6 is 0 Å². The highest BCUT2D eigenvalue weighted by atomic mass is 16.7. The third-order valence-electron chi connectivity index (χ3n) is 2.10. The Bertz CT molecular complexity index is 160.